The van der Waals surface area contributed by atoms with Crippen molar-refractivity contribution in [3.05, 3.63) is 64.6 Å². The molecule has 32 heavy (non-hydrogen) atoms. The van der Waals surface area contributed by atoms with E-state index < -0.39 is 29.7 Å². The van der Waals surface area contributed by atoms with Crippen molar-refractivity contribution in [3.8, 4) is 0 Å². The number of hydrogen-bond donors (Lipinski definition) is 0. The molecule has 0 saturated carbocycles. The SMILES string of the molecule is CCc1ccc(N2CCI(C(=O)c3cc(S(C)(=O)=O)ccc3C3=CS[C@@H](C)C3)CC2)cc1. The van der Waals surface area contributed by atoms with Crippen molar-refractivity contribution in [2.45, 2.75) is 36.8 Å². The van der Waals surface area contributed by atoms with Crippen LogP contribution in [0, 0.1) is 0 Å². The molecule has 172 valence electrons. The molecule has 2 aliphatic heterocycles. The molecule has 1 atom stereocenters. The van der Waals surface area contributed by atoms with Gasteiger partial charge >= 0.3 is 204 Å². The molecule has 0 unspecified atom stereocenters. The Labute approximate surface area is 203 Å². The number of hydrogen-bond acceptors (Lipinski definition) is 5. The number of sulfone groups is 1. The molecule has 0 spiro atoms. The zero-order chi connectivity index (χ0) is 22.9. The molecule has 2 aliphatic rings. The molecule has 2 aromatic rings. The summed E-state index contributed by atoms with van der Waals surface area (Å²) in [5.74, 6) is 0. The van der Waals surface area contributed by atoms with Crippen molar-refractivity contribution in [1.82, 2.24) is 0 Å². The van der Waals surface area contributed by atoms with E-state index in [0.717, 1.165) is 45.9 Å². The van der Waals surface area contributed by atoms with Crippen LogP contribution in [0.3, 0.4) is 0 Å². The van der Waals surface area contributed by atoms with Crippen molar-refractivity contribution >= 4 is 56.5 Å². The Hall–Kier alpha value is -1.32. The van der Waals surface area contributed by atoms with E-state index in [1.54, 1.807) is 23.9 Å². The second kappa shape index (κ2) is 9.89. The minimum absolute atomic E-state index is 0.237. The van der Waals surface area contributed by atoms with Crippen molar-refractivity contribution in [1.29, 1.82) is 0 Å². The van der Waals surface area contributed by atoms with Gasteiger partial charge < -0.3 is 0 Å². The van der Waals surface area contributed by atoms with Gasteiger partial charge in [0.2, 0.25) is 0 Å². The molecular formula is C25H30INO3S2. The number of nitrogens with zero attached hydrogens (tertiary/aromatic N) is 1. The first-order chi connectivity index (χ1) is 15.3. The van der Waals surface area contributed by atoms with Gasteiger partial charge in [-0.2, -0.15) is 0 Å². The first-order valence-corrected chi connectivity index (χ1v) is 17.9. The summed E-state index contributed by atoms with van der Waals surface area (Å²) in [4.78, 5) is 16.3. The van der Waals surface area contributed by atoms with Gasteiger partial charge in [0.25, 0.3) is 0 Å². The van der Waals surface area contributed by atoms with Gasteiger partial charge in [0, 0.05) is 0 Å². The summed E-state index contributed by atoms with van der Waals surface area (Å²) >= 11 is -0.121. The van der Waals surface area contributed by atoms with E-state index in [4.69, 9.17) is 0 Å². The van der Waals surface area contributed by atoms with Crippen LogP contribution in [0.1, 0.15) is 41.8 Å². The number of thioether (sulfide) groups is 1. The van der Waals surface area contributed by atoms with Crippen LogP contribution in [0.25, 0.3) is 5.57 Å². The second-order valence-corrected chi connectivity index (χ2v) is 17.5. The first kappa shape index (κ1) is 23.8. The summed E-state index contributed by atoms with van der Waals surface area (Å²) in [6.45, 7) is 6.14. The Morgan fingerprint density at radius 1 is 1.12 bits per heavy atom. The summed E-state index contributed by atoms with van der Waals surface area (Å²) in [5, 5.41) is 2.63. The molecule has 0 aromatic heterocycles. The van der Waals surface area contributed by atoms with Gasteiger partial charge in [-0.05, 0) is 0 Å². The fraction of sp³-hybridized carbons (Fsp3) is 0.400. The predicted molar refractivity (Wildman–Crippen MR) is 145 cm³/mol. The topological polar surface area (TPSA) is 54.5 Å². The van der Waals surface area contributed by atoms with Crippen molar-refractivity contribution in [2.24, 2.45) is 0 Å². The Morgan fingerprint density at radius 2 is 1.81 bits per heavy atom. The Bertz CT molecular complexity index is 1130. The number of benzene rings is 2. The van der Waals surface area contributed by atoms with Crippen molar-refractivity contribution in [3.63, 3.8) is 0 Å². The molecule has 0 aliphatic carbocycles. The third kappa shape index (κ3) is 5.25. The van der Waals surface area contributed by atoms with E-state index in [2.05, 4.69) is 48.4 Å². The van der Waals surface area contributed by atoms with Crippen LogP contribution in [0.5, 0.6) is 0 Å². The maximum absolute atomic E-state index is 13.7. The predicted octanol–water partition coefficient (Wildman–Crippen LogP) is 5.69. The molecule has 0 amide bonds. The van der Waals surface area contributed by atoms with Gasteiger partial charge in [0.15, 0.2) is 0 Å². The third-order valence-electron chi connectivity index (χ3n) is 6.04. The summed E-state index contributed by atoms with van der Waals surface area (Å²) in [7, 11) is -3.36. The fourth-order valence-electron chi connectivity index (χ4n) is 4.10. The normalized spacial score (nSPS) is 20.3. The van der Waals surface area contributed by atoms with Gasteiger partial charge in [-0.3, -0.25) is 0 Å². The molecule has 1 saturated heterocycles. The number of rotatable bonds is 6. The van der Waals surface area contributed by atoms with Crippen LogP contribution >= 0.6 is 31.6 Å². The third-order valence-corrected chi connectivity index (χ3v) is 13.7. The average molecular weight is 584 g/mol. The monoisotopic (exact) mass is 583 g/mol. The summed E-state index contributed by atoms with van der Waals surface area (Å²) < 4.78 is 26.5. The molecule has 4 nitrogen and oxygen atoms in total. The van der Waals surface area contributed by atoms with Gasteiger partial charge in [-0.25, -0.2) is 0 Å². The van der Waals surface area contributed by atoms with Crippen LogP contribution in [0.4, 0.5) is 5.69 Å². The van der Waals surface area contributed by atoms with E-state index in [1.807, 2.05) is 6.07 Å². The number of alkyl halides is 2. The van der Waals surface area contributed by atoms with Crippen LogP contribution in [0.15, 0.2) is 52.8 Å². The summed E-state index contributed by atoms with van der Waals surface area (Å²) in [6.07, 6.45) is 3.16. The number of carbonyl (C=O) groups is 1. The molecular weight excluding hydrogens is 553 g/mol. The number of halogens is 1. The average Bonchev–Trinajstić information content (AvgIpc) is 3.24. The molecule has 2 aromatic carbocycles. The Balaban J connectivity index is 1.55. The summed E-state index contributed by atoms with van der Waals surface area (Å²) in [5.41, 5.74) is 5.30. The molecule has 0 N–H and O–H groups in total. The van der Waals surface area contributed by atoms with Gasteiger partial charge in [-0.1, -0.05) is 0 Å². The van der Waals surface area contributed by atoms with E-state index >= 15 is 0 Å². The maximum atomic E-state index is 13.7. The van der Waals surface area contributed by atoms with Crippen LogP contribution < -0.4 is 4.90 Å². The Kier molecular flexibility index (Phi) is 7.36. The molecule has 7 heteroatoms. The standard InChI is InChI=1S/C25H30INO3S2/c1-4-19-5-7-21(8-6-19)27-13-11-26(12-14-27)25(28)24-16-22(32(3,29)30)9-10-23(24)20-15-18(2)31-17-20/h5-10,16-18H,4,11-15H2,1-3H3/t18-/m0/s1. The van der Waals surface area contributed by atoms with Crippen molar-refractivity contribution in [2.75, 3.05) is 33.1 Å². The number of carbonyl (C=O) groups excluding carboxylic acids is 1. The van der Waals surface area contributed by atoms with Crippen LogP contribution in [0.2, 0.25) is 0 Å². The van der Waals surface area contributed by atoms with Crippen LogP contribution in [-0.4, -0.2) is 45.7 Å². The second-order valence-electron chi connectivity index (χ2n) is 8.39. The molecule has 0 bridgehead atoms. The van der Waals surface area contributed by atoms with E-state index in [0.29, 0.717) is 10.8 Å². The number of aryl methyl sites for hydroxylation is 1. The van der Waals surface area contributed by atoms with Crippen LogP contribution in [-0.2, 0) is 16.3 Å². The zero-order valence-electron chi connectivity index (χ0n) is 18.8. The molecule has 4 rings (SSSR count). The zero-order valence-corrected chi connectivity index (χ0v) is 22.6. The number of anilines is 1. The van der Waals surface area contributed by atoms with E-state index in [9.17, 15) is 13.2 Å². The fourth-order valence-corrected chi connectivity index (χ4v) is 10.8. The van der Waals surface area contributed by atoms with E-state index in [-0.39, 0.29) is 8.69 Å². The van der Waals surface area contributed by atoms with Crippen molar-refractivity contribution < 1.29 is 13.2 Å². The number of allylic oxidation sites excluding steroid dienone is 1. The summed E-state index contributed by atoms with van der Waals surface area (Å²) in [6, 6.07) is 13.9. The molecule has 1 fully saturated rings. The van der Waals surface area contributed by atoms with Gasteiger partial charge in [0.05, 0.1) is 0 Å². The first-order valence-electron chi connectivity index (χ1n) is 10.9. The molecule has 2 heterocycles. The quantitative estimate of drug-likeness (QED) is 0.249. The minimum atomic E-state index is -3.36. The Morgan fingerprint density at radius 3 is 2.38 bits per heavy atom. The van der Waals surface area contributed by atoms with Gasteiger partial charge in [0.1, 0.15) is 0 Å². The molecule has 0 radical (unpaired) electrons. The van der Waals surface area contributed by atoms with E-state index in [1.165, 1.54) is 17.5 Å². The van der Waals surface area contributed by atoms with Gasteiger partial charge in [-0.15, -0.1) is 0 Å².